The highest BCUT2D eigenvalue weighted by Crippen LogP contribution is 2.39. The maximum atomic E-state index is 13.6. The second-order valence-electron chi connectivity index (χ2n) is 10.2. The molecule has 0 bridgehead atoms. The van der Waals surface area contributed by atoms with E-state index in [1.54, 1.807) is 5.48 Å². The van der Waals surface area contributed by atoms with Crippen LogP contribution >= 0.6 is 0 Å². The van der Waals surface area contributed by atoms with Crippen LogP contribution in [0, 0.1) is 0 Å². The molecule has 1 amide bonds. The van der Waals surface area contributed by atoms with Gasteiger partial charge in [-0.05, 0) is 80.6 Å². The lowest BCUT2D eigenvalue weighted by atomic mass is 9.94. The fourth-order valence-electron chi connectivity index (χ4n) is 5.04. The van der Waals surface area contributed by atoms with Crippen LogP contribution in [0.3, 0.4) is 0 Å². The van der Waals surface area contributed by atoms with E-state index in [0.29, 0.717) is 49.2 Å². The van der Waals surface area contributed by atoms with Crippen molar-refractivity contribution in [1.82, 2.24) is 20.5 Å². The van der Waals surface area contributed by atoms with Crippen LogP contribution in [0.15, 0.2) is 57.9 Å². The topological polar surface area (TPSA) is 144 Å². The molecule has 2 aromatic carbocycles. The number of rotatable bonds is 11. The number of carbonyl (C=O) groups excluding carboxylic acids is 1. The molecule has 2 fully saturated rings. The van der Waals surface area contributed by atoms with Crippen molar-refractivity contribution < 1.29 is 45.6 Å². The molecule has 2 heterocycles. The van der Waals surface area contributed by atoms with Crippen LogP contribution < -0.4 is 15.0 Å². The number of aromatic nitrogens is 2. The third-order valence-corrected chi connectivity index (χ3v) is 9.97. The standard InChI is InChI=1S/C27H29F3N4O7S/c28-27(29,30)40-21-7-3-18(4-8-21)24-31-23(41-33-24)2-1-17-39-20-9-11-22(12-10-20)42(37,38)26(25(35)32-36)13-15-34(16-14-26)19-5-6-19/h3-4,7-12,19,36H,1-2,5-6,13-17H2,(H,32,35). The van der Waals surface area contributed by atoms with E-state index in [4.69, 9.17) is 9.26 Å². The Balaban J connectivity index is 1.14. The molecule has 2 N–H and O–H groups in total. The van der Waals surface area contributed by atoms with E-state index < -0.39 is 26.9 Å². The number of hydrogen-bond donors (Lipinski definition) is 2. The van der Waals surface area contributed by atoms with Gasteiger partial charge < -0.3 is 18.9 Å². The van der Waals surface area contributed by atoms with Gasteiger partial charge in [-0.25, -0.2) is 13.9 Å². The van der Waals surface area contributed by atoms with Gasteiger partial charge in [-0.2, -0.15) is 4.98 Å². The van der Waals surface area contributed by atoms with Crippen molar-refractivity contribution in [3.8, 4) is 22.9 Å². The number of carbonyl (C=O) groups is 1. The molecule has 1 aliphatic carbocycles. The van der Waals surface area contributed by atoms with E-state index in [2.05, 4.69) is 19.8 Å². The predicted molar refractivity (Wildman–Crippen MR) is 140 cm³/mol. The lowest BCUT2D eigenvalue weighted by Gasteiger charge is -2.39. The number of alkyl halides is 3. The lowest BCUT2D eigenvalue weighted by molar-refractivity contribution is -0.274. The zero-order chi connectivity index (χ0) is 30.0. The lowest BCUT2D eigenvalue weighted by Crippen LogP contribution is -2.58. The van der Waals surface area contributed by atoms with Crippen LogP contribution in [0.2, 0.25) is 0 Å². The van der Waals surface area contributed by atoms with Crippen molar-refractivity contribution in [2.24, 2.45) is 0 Å². The second-order valence-corrected chi connectivity index (χ2v) is 12.5. The van der Waals surface area contributed by atoms with E-state index in [-0.39, 0.29) is 35.9 Å². The zero-order valence-corrected chi connectivity index (χ0v) is 23.2. The molecule has 0 atom stereocenters. The Kier molecular flexibility index (Phi) is 8.44. The number of nitrogens with zero attached hydrogens (tertiary/aromatic N) is 3. The molecule has 2 aliphatic rings. The van der Waals surface area contributed by atoms with E-state index in [1.165, 1.54) is 36.4 Å². The molecule has 0 unspecified atom stereocenters. The highest BCUT2D eigenvalue weighted by molar-refractivity contribution is 7.93. The van der Waals surface area contributed by atoms with Crippen LogP contribution in [-0.4, -0.2) is 71.4 Å². The largest absolute Gasteiger partial charge is 0.573 e. The molecule has 1 aromatic heterocycles. The number of hydroxylamine groups is 1. The SMILES string of the molecule is O=C(NO)C1(S(=O)(=O)c2ccc(OCCCc3nc(-c4ccc(OC(F)(F)F)cc4)no3)cc2)CCN(C2CC2)CC1. The van der Waals surface area contributed by atoms with Crippen molar-refractivity contribution >= 4 is 15.7 Å². The molecule has 226 valence electrons. The van der Waals surface area contributed by atoms with E-state index in [0.717, 1.165) is 25.0 Å². The van der Waals surface area contributed by atoms with Gasteiger partial charge in [0.2, 0.25) is 11.7 Å². The van der Waals surface area contributed by atoms with Gasteiger partial charge in [0.05, 0.1) is 11.5 Å². The minimum Gasteiger partial charge on any atom is -0.494 e. The monoisotopic (exact) mass is 610 g/mol. The molecule has 3 aromatic rings. The molecule has 42 heavy (non-hydrogen) atoms. The first kappa shape index (κ1) is 29.8. The van der Waals surface area contributed by atoms with Crippen LogP contribution in [0.1, 0.15) is 38.0 Å². The fourth-order valence-corrected chi connectivity index (χ4v) is 7.00. The Morgan fingerprint density at radius 1 is 1.07 bits per heavy atom. The Bertz CT molecular complexity index is 1480. The van der Waals surface area contributed by atoms with Gasteiger partial charge in [0, 0.05) is 31.1 Å². The first-order valence-corrected chi connectivity index (χ1v) is 14.8. The van der Waals surface area contributed by atoms with Crippen molar-refractivity contribution in [2.45, 2.75) is 60.6 Å². The number of piperidine rings is 1. The second kappa shape index (κ2) is 11.9. The van der Waals surface area contributed by atoms with Crippen molar-refractivity contribution in [3.63, 3.8) is 0 Å². The fraction of sp³-hybridized carbons (Fsp3) is 0.444. The van der Waals surface area contributed by atoms with Gasteiger partial charge in [-0.15, -0.1) is 13.2 Å². The third-order valence-electron chi connectivity index (χ3n) is 7.45. The van der Waals surface area contributed by atoms with Gasteiger partial charge in [0.25, 0.3) is 5.91 Å². The summed E-state index contributed by atoms with van der Waals surface area (Å²) in [6.45, 7) is 1.17. The number of hydrogen-bond acceptors (Lipinski definition) is 10. The van der Waals surface area contributed by atoms with E-state index >= 15 is 0 Å². The maximum Gasteiger partial charge on any atom is 0.573 e. The number of sulfone groups is 1. The summed E-state index contributed by atoms with van der Waals surface area (Å²) in [6.07, 6.45) is -1.60. The number of benzene rings is 2. The molecule has 1 aliphatic heterocycles. The molecule has 11 nitrogen and oxygen atoms in total. The summed E-state index contributed by atoms with van der Waals surface area (Å²) in [7, 11) is -4.11. The minimum atomic E-state index is -4.78. The average molecular weight is 611 g/mol. The summed E-state index contributed by atoms with van der Waals surface area (Å²) < 4.78 is 77.2. The summed E-state index contributed by atoms with van der Waals surface area (Å²) in [5, 5.41) is 13.2. The number of ether oxygens (including phenoxy) is 2. The number of nitrogens with one attached hydrogen (secondary N) is 1. The van der Waals surface area contributed by atoms with Gasteiger partial charge in [0.15, 0.2) is 14.6 Å². The highest BCUT2D eigenvalue weighted by Gasteiger charge is 2.54. The van der Waals surface area contributed by atoms with Crippen LogP contribution in [-0.2, 0) is 21.1 Å². The van der Waals surface area contributed by atoms with Gasteiger partial charge in [0.1, 0.15) is 11.5 Å². The highest BCUT2D eigenvalue weighted by atomic mass is 32.2. The smallest absolute Gasteiger partial charge is 0.494 e. The van der Waals surface area contributed by atoms with Crippen LogP contribution in [0.5, 0.6) is 11.5 Å². The number of halogens is 3. The van der Waals surface area contributed by atoms with Crippen LogP contribution in [0.25, 0.3) is 11.4 Å². The first-order chi connectivity index (χ1) is 20.0. The summed E-state index contributed by atoms with van der Waals surface area (Å²) in [5.74, 6) is -0.333. The average Bonchev–Trinajstić information content (AvgIpc) is 3.72. The molecule has 0 radical (unpaired) electrons. The van der Waals surface area contributed by atoms with E-state index in [9.17, 15) is 31.6 Å². The normalized spacial score (nSPS) is 17.5. The Morgan fingerprint density at radius 3 is 2.31 bits per heavy atom. The predicted octanol–water partition coefficient (Wildman–Crippen LogP) is 3.92. The third kappa shape index (κ3) is 6.52. The van der Waals surface area contributed by atoms with Crippen molar-refractivity contribution in [2.75, 3.05) is 19.7 Å². The molecule has 5 rings (SSSR count). The molecular formula is C27H29F3N4O7S. The van der Waals surface area contributed by atoms with Crippen molar-refractivity contribution in [3.05, 3.63) is 54.4 Å². The number of aryl methyl sites for hydroxylation is 1. The molecule has 1 saturated carbocycles. The minimum absolute atomic E-state index is 0.0327. The van der Waals surface area contributed by atoms with Gasteiger partial charge in [-0.1, -0.05) is 5.16 Å². The summed E-state index contributed by atoms with van der Waals surface area (Å²) in [6, 6.07) is 11.3. The Hall–Kier alpha value is -3.69. The molecule has 15 heteroatoms. The quantitative estimate of drug-likeness (QED) is 0.186. The molecular weight excluding hydrogens is 581 g/mol. The number of likely N-dealkylation sites (tertiary alicyclic amines) is 1. The number of amides is 1. The Labute approximate surface area is 239 Å². The maximum absolute atomic E-state index is 13.6. The first-order valence-electron chi connectivity index (χ1n) is 13.4. The zero-order valence-electron chi connectivity index (χ0n) is 22.3. The summed E-state index contributed by atoms with van der Waals surface area (Å²) in [4.78, 5) is 19.1. The van der Waals surface area contributed by atoms with Crippen molar-refractivity contribution in [1.29, 1.82) is 0 Å². The Morgan fingerprint density at radius 2 is 1.71 bits per heavy atom. The summed E-state index contributed by atoms with van der Waals surface area (Å²) >= 11 is 0. The van der Waals surface area contributed by atoms with Gasteiger partial charge in [-0.3, -0.25) is 10.0 Å². The molecule has 1 saturated heterocycles. The van der Waals surface area contributed by atoms with E-state index in [1.807, 2.05) is 0 Å². The molecule has 0 spiro atoms. The summed E-state index contributed by atoms with van der Waals surface area (Å²) in [5.41, 5.74) is 2.03. The van der Waals surface area contributed by atoms with Gasteiger partial charge >= 0.3 is 6.36 Å². The van der Waals surface area contributed by atoms with Crippen LogP contribution in [0.4, 0.5) is 13.2 Å².